The van der Waals surface area contributed by atoms with Crippen LogP contribution < -0.4 is 10.2 Å². The lowest BCUT2D eigenvalue weighted by molar-refractivity contribution is -0.123. The highest BCUT2D eigenvalue weighted by molar-refractivity contribution is 5.82. The number of nitrogens with one attached hydrogen (secondary N) is 1. The molecule has 1 amide bonds. The number of halogens is 1. The number of carbonyl (C=O) groups excluding carboxylic acids is 1. The topological polar surface area (TPSA) is 50.7 Å². The molecule has 4 nitrogen and oxygen atoms in total. The van der Waals surface area contributed by atoms with Gasteiger partial charge in [0.15, 0.2) is 6.61 Å². The Morgan fingerprint density at radius 1 is 1.23 bits per heavy atom. The minimum absolute atomic E-state index is 0.133. The molecule has 5 heteroatoms. The largest absolute Gasteiger partial charge is 0.483 e. The Labute approximate surface area is 128 Å². The Balaban J connectivity index is 1.86. The molecular weight excluding hydrogens is 283 g/mol. The van der Waals surface area contributed by atoms with Gasteiger partial charge in [-0.15, -0.1) is 0 Å². The van der Waals surface area contributed by atoms with Crippen molar-refractivity contribution in [2.45, 2.75) is 13.8 Å². The molecule has 0 aromatic heterocycles. The second kappa shape index (κ2) is 7.36. The molecule has 2 aromatic carbocycles. The van der Waals surface area contributed by atoms with E-state index in [0.717, 1.165) is 11.1 Å². The van der Waals surface area contributed by atoms with Crippen molar-refractivity contribution in [3.8, 4) is 5.75 Å². The third-order valence-corrected chi connectivity index (χ3v) is 3.01. The van der Waals surface area contributed by atoms with Crippen LogP contribution in [0, 0.1) is 19.7 Å². The summed E-state index contributed by atoms with van der Waals surface area (Å²) in [4.78, 5) is 11.7. The van der Waals surface area contributed by atoms with Gasteiger partial charge in [-0.2, -0.15) is 5.10 Å². The normalized spacial score (nSPS) is 10.7. The van der Waals surface area contributed by atoms with Crippen molar-refractivity contribution in [2.24, 2.45) is 5.10 Å². The average molecular weight is 300 g/mol. The van der Waals surface area contributed by atoms with Crippen LogP contribution in [0.2, 0.25) is 0 Å². The average Bonchev–Trinajstić information content (AvgIpc) is 2.47. The van der Waals surface area contributed by atoms with Crippen molar-refractivity contribution < 1.29 is 13.9 Å². The number of hydrogen-bond acceptors (Lipinski definition) is 3. The monoisotopic (exact) mass is 300 g/mol. The van der Waals surface area contributed by atoms with Crippen molar-refractivity contribution in [3.63, 3.8) is 0 Å². The number of hydrogen-bond donors (Lipinski definition) is 1. The Bertz CT molecular complexity index is 679. The van der Waals surface area contributed by atoms with Gasteiger partial charge in [0.1, 0.15) is 11.6 Å². The molecule has 0 aliphatic heterocycles. The summed E-state index contributed by atoms with van der Waals surface area (Å²) in [5.41, 5.74) is 4.85. The highest BCUT2D eigenvalue weighted by Gasteiger charge is 2.06. The number of nitrogens with zero attached hydrogens (tertiary/aromatic N) is 1. The minimum Gasteiger partial charge on any atom is -0.483 e. The number of carbonyl (C=O) groups is 1. The van der Waals surface area contributed by atoms with Crippen LogP contribution in [0.4, 0.5) is 4.39 Å². The molecule has 0 aliphatic rings. The fourth-order valence-electron chi connectivity index (χ4n) is 1.96. The zero-order valence-corrected chi connectivity index (χ0v) is 12.5. The molecule has 0 saturated carbocycles. The Morgan fingerprint density at radius 2 is 1.91 bits per heavy atom. The molecule has 0 spiro atoms. The first-order chi connectivity index (χ1) is 10.6. The molecular formula is C17H17FN2O2. The van der Waals surface area contributed by atoms with E-state index in [1.54, 1.807) is 12.1 Å². The van der Waals surface area contributed by atoms with Crippen molar-refractivity contribution in [1.29, 1.82) is 0 Å². The zero-order valence-electron chi connectivity index (χ0n) is 12.5. The van der Waals surface area contributed by atoms with Gasteiger partial charge >= 0.3 is 0 Å². The molecule has 0 saturated heterocycles. The maximum atomic E-state index is 13.0. The molecule has 0 bridgehead atoms. The SMILES string of the molecule is Cc1cccc(C)c1OCC(=O)NN=Cc1cccc(F)c1. The molecule has 2 rings (SSSR count). The predicted molar refractivity (Wildman–Crippen MR) is 83.5 cm³/mol. The molecule has 114 valence electrons. The number of benzene rings is 2. The van der Waals surface area contributed by atoms with Crippen LogP contribution in [0.5, 0.6) is 5.75 Å². The standard InChI is InChI=1S/C17H17FN2O2/c1-12-5-3-6-13(2)17(12)22-11-16(21)20-19-10-14-7-4-8-15(18)9-14/h3-10H,11H2,1-2H3,(H,20,21). The third-order valence-electron chi connectivity index (χ3n) is 3.01. The summed E-state index contributed by atoms with van der Waals surface area (Å²) in [6, 6.07) is 11.7. The van der Waals surface area contributed by atoms with Gasteiger partial charge in [-0.3, -0.25) is 4.79 Å². The molecule has 1 N–H and O–H groups in total. The smallest absolute Gasteiger partial charge is 0.277 e. The summed E-state index contributed by atoms with van der Waals surface area (Å²) < 4.78 is 18.5. The molecule has 0 fully saturated rings. The van der Waals surface area contributed by atoms with Crippen molar-refractivity contribution in [2.75, 3.05) is 6.61 Å². The molecule has 0 radical (unpaired) electrons. The van der Waals surface area contributed by atoms with Gasteiger partial charge in [-0.25, -0.2) is 9.82 Å². The molecule has 2 aromatic rings. The van der Waals surface area contributed by atoms with Crippen LogP contribution in [-0.2, 0) is 4.79 Å². The van der Waals surface area contributed by atoms with Gasteiger partial charge in [-0.05, 0) is 42.7 Å². The molecule has 0 aliphatic carbocycles. The highest BCUT2D eigenvalue weighted by Crippen LogP contribution is 2.21. The lowest BCUT2D eigenvalue weighted by atomic mass is 10.1. The Kier molecular flexibility index (Phi) is 5.25. The van der Waals surface area contributed by atoms with Crippen molar-refractivity contribution in [1.82, 2.24) is 5.43 Å². The number of hydrazone groups is 1. The molecule has 0 unspecified atom stereocenters. The fraction of sp³-hybridized carbons (Fsp3) is 0.176. The van der Waals surface area contributed by atoms with Gasteiger partial charge in [0.2, 0.25) is 0 Å². The van der Waals surface area contributed by atoms with Crippen LogP contribution in [0.3, 0.4) is 0 Å². The number of amides is 1. The summed E-state index contributed by atoms with van der Waals surface area (Å²) in [6.45, 7) is 3.71. The van der Waals surface area contributed by atoms with Crippen LogP contribution >= 0.6 is 0 Å². The number of rotatable bonds is 5. The summed E-state index contributed by atoms with van der Waals surface area (Å²) in [6.07, 6.45) is 1.37. The minimum atomic E-state index is -0.379. The van der Waals surface area contributed by atoms with E-state index in [1.807, 2.05) is 32.0 Å². The van der Waals surface area contributed by atoms with E-state index in [1.165, 1.54) is 18.3 Å². The second-order valence-corrected chi connectivity index (χ2v) is 4.86. The Hall–Kier alpha value is -2.69. The first-order valence-electron chi connectivity index (χ1n) is 6.83. The molecule has 0 atom stereocenters. The number of ether oxygens (including phenoxy) is 1. The zero-order chi connectivity index (χ0) is 15.9. The van der Waals surface area contributed by atoms with Crippen LogP contribution in [0.15, 0.2) is 47.6 Å². The second-order valence-electron chi connectivity index (χ2n) is 4.86. The third kappa shape index (κ3) is 4.41. The first-order valence-corrected chi connectivity index (χ1v) is 6.83. The van der Waals surface area contributed by atoms with Gasteiger partial charge in [0.25, 0.3) is 5.91 Å². The predicted octanol–water partition coefficient (Wildman–Crippen LogP) is 2.97. The number of aryl methyl sites for hydroxylation is 2. The van der Waals surface area contributed by atoms with Gasteiger partial charge in [-0.1, -0.05) is 30.3 Å². The Morgan fingerprint density at radius 3 is 2.59 bits per heavy atom. The van der Waals surface area contributed by atoms with E-state index in [0.29, 0.717) is 11.3 Å². The lowest BCUT2D eigenvalue weighted by Crippen LogP contribution is -2.25. The van der Waals surface area contributed by atoms with Crippen molar-refractivity contribution in [3.05, 3.63) is 65.0 Å². The number of para-hydroxylation sites is 1. The van der Waals surface area contributed by atoms with E-state index in [-0.39, 0.29) is 18.3 Å². The van der Waals surface area contributed by atoms with E-state index in [2.05, 4.69) is 10.5 Å². The summed E-state index contributed by atoms with van der Waals surface area (Å²) in [5.74, 6) is -0.0318. The van der Waals surface area contributed by atoms with E-state index < -0.39 is 0 Å². The van der Waals surface area contributed by atoms with E-state index in [9.17, 15) is 9.18 Å². The summed E-state index contributed by atoms with van der Waals surface area (Å²) in [5, 5.41) is 3.77. The van der Waals surface area contributed by atoms with Gasteiger partial charge in [0.05, 0.1) is 6.21 Å². The van der Waals surface area contributed by atoms with Gasteiger partial charge in [0, 0.05) is 0 Å². The maximum Gasteiger partial charge on any atom is 0.277 e. The summed E-state index contributed by atoms with van der Waals surface area (Å²) >= 11 is 0. The summed E-state index contributed by atoms with van der Waals surface area (Å²) in [7, 11) is 0. The van der Waals surface area contributed by atoms with Crippen LogP contribution in [0.1, 0.15) is 16.7 Å². The van der Waals surface area contributed by atoms with E-state index in [4.69, 9.17) is 4.74 Å². The first kappa shape index (κ1) is 15.7. The fourth-order valence-corrected chi connectivity index (χ4v) is 1.96. The highest BCUT2D eigenvalue weighted by atomic mass is 19.1. The van der Waals surface area contributed by atoms with Gasteiger partial charge < -0.3 is 4.74 Å². The lowest BCUT2D eigenvalue weighted by Gasteiger charge is -2.10. The van der Waals surface area contributed by atoms with Crippen LogP contribution in [0.25, 0.3) is 0 Å². The maximum absolute atomic E-state index is 13.0. The molecule has 0 heterocycles. The van der Waals surface area contributed by atoms with Crippen molar-refractivity contribution >= 4 is 12.1 Å². The van der Waals surface area contributed by atoms with E-state index >= 15 is 0 Å². The van der Waals surface area contributed by atoms with Crippen LogP contribution in [-0.4, -0.2) is 18.7 Å². The molecule has 22 heavy (non-hydrogen) atoms. The quantitative estimate of drug-likeness (QED) is 0.682.